The van der Waals surface area contributed by atoms with Crippen LogP contribution in [0.2, 0.25) is 0 Å². The van der Waals surface area contributed by atoms with E-state index in [1.54, 1.807) is 0 Å². The molecule has 0 spiro atoms. The molecule has 1 aromatic carbocycles. The molecule has 3 aromatic heterocycles. The lowest BCUT2D eigenvalue weighted by molar-refractivity contribution is 0.776. The van der Waals surface area contributed by atoms with Gasteiger partial charge in [-0.2, -0.15) is 0 Å². The predicted octanol–water partition coefficient (Wildman–Crippen LogP) is 8.74. The SMILES string of the molecule is C1=Cc2cc3ccc(cc4cc(-c5ccccc5)c(cc5nc(cc1n2)C=C5)[nH]4)[nH]3.CCCCCCl. The molecule has 180 valence electrons. The maximum Gasteiger partial charge on any atom is 0.0659 e. The Kier molecular flexibility index (Phi) is 7.44. The van der Waals surface area contributed by atoms with Gasteiger partial charge in [-0.05, 0) is 78.8 Å². The van der Waals surface area contributed by atoms with Gasteiger partial charge in [-0.15, -0.1) is 11.6 Å². The van der Waals surface area contributed by atoms with E-state index in [4.69, 9.17) is 16.6 Å². The van der Waals surface area contributed by atoms with Gasteiger partial charge in [0.05, 0.1) is 22.8 Å². The molecule has 0 unspecified atom stereocenters. The number of aromatic nitrogens is 4. The molecule has 4 aromatic rings. The summed E-state index contributed by atoms with van der Waals surface area (Å²) in [6, 6.07) is 25.0. The molecule has 5 heteroatoms. The minimum absolute atomic E-state index is 0.827. The summed E-state index contributed by atoms with van der Waals surface area (Å²) >= 11 is 5.38. The molecule has 0 aliphatic carbocycles. The minimum Gasteiger partial charge on any atom is -0.355 e. The highest BCUT2D eigenvalue weighted by Gasteiger charge is 2.06. The highest BCUT2D eigenvalue weighted by Crippen LogP contribution is 2.27. The molecule has 0 amide bonds. The third-order valence-electron chi connectivity index (χ3n) is 5.99. The van der Waals surface area contributed by atoms with Crippen LogP contribution >= 0.6 is 11.6 Å². The quantitative estimate of drug-likeness (QED) is 0.191. The summed E-state index contributed by atoms with van der Waals surface area (Å²) in [5.41, 5.74) is 10.1. The fraction of sp³-hybridized carbons (Fsp3) is 0.161. The molecule has 0 atom stereocenters. The summed E-state index contributed by atoms with van der Waals surface area (Å²) in [5.74, 6) is 0.827. The average molecular weight is 493 g/mol. The van der Waals surface area contributed by atoms with E-state index in [-0.39, 0.29) is 0 Å². The second kappa shape index (κ2) is 11.2. The lowest BCUT2D eigenvalue weighted by Gasteiger charge is -1.97. The molecule has 6 rings (SSSR count). The van der Waals surface area contributed by atoms with Gasteiger partial charge in [0.15, 0.2) is 0 Å². The molecule has 36 heavy (non-hydrogen) atoms. The highest BCUT2D eigenvalue weighted by atomic mass is 35.5. The van der Waals surface area contributed by atoms with E-state index in [1.807, 2.05) is 42.5 Å². The van der Waals surface area contributed by atoms with Crippen molar-refractivity contribution >= 4 is 58.0 Å². The van der Waals surface area contributed by atoms with Gasteiger partial charge in [0, 0.05) is 33.5 Å². The van der Waals surface area contributed by atoms with Crippen molar-refractivity contribution in [2.75, 3.05) is 5.88 Å². The van der Waals surface area contributed by atoms with E-state index >= 15 is 0 Å². The molecule has 4 nitrogen and oxygen atoms in total. The van der Waals surface area contributed by atoms with Crippen molar-refractivity contribution in [2.45, 2.75) is 26.2 Å². The third-order valence-corrected chi connectivity index (χ3v) is 6.26. The van der Waals surface area contributed by atoms with Crippen molar-refractivity contribution in [1.29, 1.82) is 0 Å². The largest absolute Gasteiger partial charge is 0.355 e. The van der Waals surface area contributed by atoms with E-state index < -0.39 is 0 Å². The number of alkyl halides is 1. The van der Waals surface area contributed by atoms with E-state index in [0.717, 1.165) is 56.3 Å². The fourth-order valence-corrected chi connectivity index (χ4v) is 4.41. The predicted molar refractivity (Wildman–Crippen MR) is 155 cm³/mol. The first-order valence-corrected chi connectivity index (χ1v) is 12.9. The van der Waals surface area contributed by atoms with Gasteiger partial charge in [-0.25, -0.2) is 9.97 Å². The van der Waals surface area contributed by atoms with Crippen LogP contribution < -0.4 is 0 Å². The molecule has 0 saturated carbocycles. The van der Waals surface area contributed by atoms with Crippen LogP contribution in [0.5, 0.6) is 0 Å². The number of nitrogens with zero attached hydrogens (tertiary/aromatic N) is 2. The molecule has 2 N–H and O–H groups in total. The standard InChI is InChI=1S/C26H18N4.C5H11Cl/c1-2-4-17(5-3-1)25-15-24-14-22-9-8-20(28-22)12-18-6-7-19(27-18)13-21-10-11-23(29-21)16-26(25)30-24;1-2-3-4-5-6/h1-16,28,30H;2-5H2,1H3. The Morgan fingerprint density at radius 3 is 1.92 bits per heavy atom. The summed E-state index contributed by atoms with van der Waals surface area (Å²) in [7, 11) is 0. The Bertz CT molecular complexity index is 1550. The van der Waals surface area contributed by atoms with Gasteiger partial charge in [-0.1, -0.05) is 50.1 Å². The lowest BCUT2D eigenvalue weighted by atomic mass is 10.1. The first-order chi connectivity index (χ1) is 17.7. The summed E-state index contributed by atoms with van der Waals surface area (Å²) < 4.78 is 0. The second-order valence-corrected chi connectivity index (χ2v) is 9.23. The van der Waals surface area contributed by atoms with Crippen LogP contribution in [0.25, 0.3) is 57.5 Å². The van der Waals surface area contributed by atoms with E-state index in [2.05, 4.69) is 76.5 Å². The van der Waals surface area contributed by atoms with Crippen molar-refractivity contribution in [2.24, 2.45) is 0 Å². The molecule has 5 heterocycles. The molecule has 8 bridgehead atoms. The zero-order valence-corrected chi connectivity index (χ0v) is 21.1. The van der Waals surface area contributed by atoms with Gasteiger partial charge in [-0.3, -0.25) is 0 Å². The Balaban J connectivity index is 0.000000400. The van der Waals surface area contributed by atoms with Gasteiger partial charge in [0.2, 0.25) is 0 Å². The molecular weight excluding hydrogens is 464 g/mol. The number of rotatable bonds is 4. The number of benzene rings is 1. The second-order valence-electron chi connectivity index (χ2n) is 8.85. The Hall–Kier alpha value is -3.89. The molecule has 0 radical (unpaired) electrons. The first-order valence-electron chi connectivity index (χ1n) is 12.4. The van der Waals surface area contributed by atoms with Gasteiger partial charge in [0.25, 0.3) is 0 Å². The molecular formula is C31H29ClN4. The van der Waals surface area contributed by atoms with E-state index in [1.165, 1.54) is 24.8 Å². The van der Waals surface area contributed by atoms with Crippen molar-refractivity contribution in [3.8, 4) is 11.1 Å². The number of fused-ring (bicyclic) bond motifs is 8. The van der Waals surface area contributed by atoms with Gasteiger partial charge in [0.1, 0.15) is 0 Å². The minimum atomic E-state index is 0.827. The zero-order chi connectivity index (χ0) is 24.7. The summed E-state index contributed by atoms with van der Waals surface area (Å²) in [6.45, 7) is 2.17. The normalized spacial score (nSPS) is 11.8. The number of H-pyrrole nitrogens is 2. The zero-order valence-electron chi connectivity index (χ0n) is 20.3. The summed E-state index contributed by atoms with van der Waals surface area (Å²) in [5, 5.41) is 0. The van der Waals surface area contributed by atoms with Crippen LogP contribution in [0, 0.1) is 0 Å². The van der Waals surface area contributed by atoms with Gasteiger partial charge < -0.3 is 9.97 Å². The van der Waals surface area contributed by atoms with Crippen LogP contribution in [0.4, 0.5) is 0 Å². The third kappa shape index (κ3) is 5.84. The number of hydrogen-bond donors (Lipinski definition) is 2. The maximum atomic E-state index is 5.38. The Morgan fingerprint density at radius 2 is 1.28 bits per heavy atom. The van der Waals surface area contributed by atoms with Crippen LogP contribution in [-0.4, -0.2) is 25.8 Å². The molecule has 2 aliphatic heterocycles. The summed E-state index contributed by atoms with van der Waals surface area (Å²) in [4.78, 5) is 16.4. The number of halogens is 1. The van der Waals surface area contributed by atoms with Crippen molar-refractivity contribution in [1.82, 2.24) is 19.9 Å². The maximum absolute atomic E-state index is 5.38. The fourth-order valence-electron chi connectivity index (χ4n) is 4.22. The van der Waals surface area contributed by atoms with Crippen LogP contribution in [-0.2, 0) is 0 Å². The van der Waals surface area contributed by atoms with Crippen molar-refractivity contribution in [3.63, 3.8) is 0 Å². The number of hydrogen-bond acceptors (Lipinski definition) is 2. The average Bonchev–Trinajstić information content (AvgIpc) is 3.69. The first kappa shape index (κ1) is 23.8. The molecule has 0 saturated heterocycles. The smallest absolute Gasteiger partial charge is 0.0659 e. The summed E-state index contributed by atoms with van der Waals surface area (Å²) in [6.07, 6.45) is 11.8. The number of unbranched alkanes of at least 4 members (excludes halogenated alkanes) is 2. The van der Waals surface area contributed by atoms with Crippen LogP contribution in [0.15, 0.2) is 72.8 Å². The van der Waals surface area contributed by atoms with E-state index in [0.29, 0.717) is 0 Å². The van der Waals surface area contributed by atoms with Gasteiger partial charge >= 0.3 is 0 Å². The lowest BCUT2D eigenvalue weighted by Crippen LogP contribution is -1.78. The van der Waals surface area contributed by atoms with Crippen molar-refractivity contribution in [3.05, 3.63) is 95.6 Å². The monoisotopic (exact) mass is 492 g/mol. The molecule has 0 fully saturated rings. The number of aromatic amines is 2. The Morgan fingerprint density at radius 1 is 0.639 bits per heavy atom. The molecule has 2 aliphatic rings. The highest BCUT2D eigenvalue weighted by molar-refractivity contribution is 6.17. The van der Waals surface area contributed by atoms with Crippen LogP contribution in [0.3, 0.4) is 0 Å². The van der Waals surface area contributed by atoms with E-state index in [9.17, 15) is 0 Å². The van der Waals surface area contributed by atoms with Crippen molar-refractivity contribution < 1.29 is 0 Å². The topological polar surface area (TPSA) is 57.4 Å². The Labute approximate surface area is 216 Å². The number of nitrogens with one attached hydrogen (secondary N) is 2. The van der Waals surface area contributed by atoms with Crippen LogP contribution in [0.1, 0.15) is 49.0 Å².